The maximum Gasteiger partial charge on any atom is 0.316 e. The molecule has 0 aromatic carbocycles. The minimum Gasteiger partial charge on any atom is -0.329 e. The highest BCUT2D eigenvalue weighted by atomic mass is 35.5. The molecule has 0 aromatic heterocycles. The number of nitrogens with zero attached hydrogens (tertiary/aromatic N) is 2. The van der Waals surface area contributed by atoms with Gasteiger partial charge in [-0.1, -0.05) is 0 Å². The third kappa shape index (κ3) is 3.53. The van der Waals surface area contributed by atoms with Crippen molar-refractivity contribution in [2.75, 3.05) is 33.7 Å². The zero-order valence-corrected chi connectivity index (χ0v) is 9.05. The summed E-state index contributed by atoms with van der Waals surface area (Å²) in [5, 5.41) is -0.302. The van der Waals surface area contributed by atoms with Gasteiger partial charge in [0.25, 0.3) is 0 Å². The Morgan fingerprint density at radius 1 is 1.62 bits per heavy atom. The van der Waals surface area contributed by atoms with Crippen molar-refractivity contribution in [1.29, 1.82) is 0 Å². The highest BCUT2D eigenvalue weighted by Gasteiger charge is 2.22. The molecule has 0 aromatic rings. The van der Waals surface area contributed by atoms with Crippen LogP contribution in [0.15, 0.2) is 0 Å². The lowest BCUT2D eigenvalue weighted by molar-refractivity contribution is 0.170. The summed E-state index contributed by atoms with van der Waals surface area (Å²) in [6.07, 6.45) is 2.29. The molecular weight excluding hydrogens is 188 g/mol. The third-order valence-electron chi connectivity index (χ3n) is 2.39. The minimum atomic E-state index is -0.302. The smallest absolute Gasteiger partial charge is 0.316 e. The van der Waals surface area contributed by atoms with Gasteiger partial charge in [-0.15, -0.1) is 0 Å². The van der Waals surface area contributed by atoms with E-state index in [1.165, 1.54) is 6.42 Å². The van der Waals surface area contributed by atoms with Crippen LogP contribution in [0.3, 0.4) is 0 Å². The van der Waals surface area contributed by atoms with E-state index in [9.17, 15) is 4.79 Å². The molecule has 1 saturated heterocycles. The Morgan fingerprint density at radius 3 is 2.85 bits per heavy atom. The Labute approximate surface area is 84.6 Å². The van der Waals surface area contributed by atoms with Crippen LogP contribution in [0.25, 0.3) is 0 Å². The summed E-state index contributed by atoms with van der Waals surface area (Å²) in [7, 11) is 4.11. The predicted octanol–water partition coefficient (Wildman–Crippen LogP) is 1.62. The van der Waals surface area contributed by atoms with Crippen LogP contribution >= 0.6 is 11.6 Å². The number of rotatable bonds is 2. The number of amides is 1. The molecule has 0 spiro atoms. The fraction of sp³-hybridized carbons (Fsp3) is 0.889. The van der Waals surface area contributed by atoms with Gasteiger partial charge in [-0.3, -0.25) is 4.79 Å². The molecule has 0 saturated carbocycles. The molecule has 0 N–H and O–H groups in total. The van der Waals surface area contributed by atoms with Gasteiger partial charge in [0, 0.05) is 19.6 Å². The first kappa shape index (κ1) is 10.8. The molecule has 1 amide bonds. The molecule has 1 rings (SSSR count). The Balaban J connectivity index is 2.37. The van der Waals surface area contributed by atoms with Gasteiger partial charge in [0.1, 0.15) is 0 Å². The molecule has 1 unspecified atom stereocenters. The van der Waals surface area contributed by atoms with E-state index in [1.54, 1.807) is 4.90 Å². The van der Waals surface area contributed by atoms with Gasteiger partial charge in [0.15, 0.2) is 0 Å². The molecule has 4 heteroatoms. The molecule has 3 nitrogen and oxygen atoms in total. The average molecular weight is 205 g/mol. The molecule has 0 radical (unpaired) electrons. The van der Waals surface area contributed by atoms with Crippen molar-refractivity contribution in [2.45, 2.75) is 12.8 Å². The quantitative estimate of drug-likeness (QED) is 0.504. The zero-order chi connectivity index (χ0) is 9.84. The van der Waals surface area contributed by atoms with Crippen LogP contribution in [0.2, 0.25) is 0 Å². The summed E-state index contributed by atoms with van der Waals surface area (Å²) in [6.45, 7) is 2.69. The van der Waals surface area contributed by atoms with Crippen LogP contribution in [-0.2, 0) is 0 Å². The lowest BCUT2D eigenvalue weighted by atomic mass is 9.98. The monoisotopic (exact) mass is 204 g/mol. The number of carbonyl (C=O) groups is 1. The first-order chi connectivity index (χ1) is 6.09. The van der Waals surface area contributed by atoms with Crippen LogP contribution in [0.4, 0.5) is 4.79 Å². The van der Waals surface area contributed by atoms with Crippen molar-refractivity contribution in [3.8, 4) is 0 Å². The molecule has 0 aliphatic carbocycles. The molecule has 1 atom stereocenters. The first-order valence-corrected chi connectivity index (χ1v) is 5.06. The van der Waals surface area contributed by atoms with Crippen LogP contribution in [0.1, 0.15) is 12.8 Å². The number of hydrogen-bond donors (Lipinski definition) is 0. The van der Waals surface area contributed by atoms with Crippen molar-refractivity contribution in [3.05, 3.63) is 0 Å². The van der Waals surface area contributed by atoms with E-state index in [0.29, 0.717) is 5.92 Å². The molecule has 1 aliphatic heterocycles. The molecule has 76 valence electrons. The Kier molecular flexibility index (Phi) is 4.00. The van der Waals surface area contributed by atoms with Gasteiger partial charge < -0.3 is 9.80 Å². The van der Waals surface area contributed by atoms with E-state index in [2.05, 4.69) is 19.0 Å². The summed E-state index contributed by atoms with van der Waals surface area (Å²) in [5.41, 5.74) is 0. The number of hydrogen-bond acceptors (Lipinski definition) is 2. The summed E-state index contributed by atoms with van der Waals surface area (Å²) < 4.78 is 0. The van der Waals surface area contributed by atoms with Gasteiger partial charge >= 0.3 is 5.37 Å². The molecular formula is C9H17ClN2O. The van der Waals surface area contributed by atoms with Crippen LogP contribution in [0.5, 0.6) is 0 Å². The highest BCUT2D eigenvalue weighted by Crippen LogP contribution is 2.17. The second-order valence-corrected chi connectivity index (χ2v) is 4.29. The summed E-state index contributed by atoms with van der Waals surface area (Å²) >= 11 is 5.43. The second kappa shape index (κ2) is 4.82. The number of carbonyl (C=O) groups excluding carboxylic acids is 1. The van der Waals surface area contributed by atoms with E-state index >= 15 is 0 Å². The average Bonchev–Trinajstić information content (AvgIpc) is 2.03. The van der Waals surface area contributed by atoms with E-state index in [0.717, 1.165) is 26.1 Å². The number of likely N-dealkylation sites (tertiary alicyclic amines) is 1. The van der Waals surface area contributed by atoms with Crippen molar-refractivity contribution >= 4 is 17.0 Å². The topological polar surface area (TPSA) is 23.6 Å². The van der Waals surface area contributed by atoms with Crippen molar-refractivity contribution < 1.29 is 4.79 Å². The molecule has 1 aliphatic rings. The fourth-order valence-corrected chi connectivity index (χ4v) is 2.04. The van der Waals surface area contributed by atoms with E-state index in [-0.39, 0.29) is 5.37 Å². The maximum absolute atomic E-state index is 10.9. The van der Waals surface area contributed by atoms with Crippen LogP contribution in [0, 0.1) is 5.92 Å². The first-order valence-electron chi connectivity index (χ1n) is 4.68. The molecule has 13 heavy (non-hydrogen) atoms. The van der Waals surface area contributed by atoms with Gasteiger partial charge in [-0.2, -0.15) is 0 Å². The van der Waals surface area contributed by atoms with Gasteiger partial charge in [0.2, 0.25) is 0 Å². The van der Waals surface area contributed by atoms with Crippen molar-refractivity contribution in [1.82, 2.24) is 9.80 Å². The van der Waals surface area contributed by atoms with Crippen LogP contribution < -0.4 is 0 Å². The minimum absolute atomic E-state index is 0.302. The SMILES string of the molecule is CN(C)CC1CCCN(C(=O)Cl)C1. The van der Waals surface area contributed by atoms with Gasteiger partial charge in [-0.05, 0) is 44.5 Å². The fourth-order valence-electron chi connectivity index (χ4n) is 1.89. The summed E-state index contributed by atoms with van der Waals surface area (Å²) in [5.74, 6) is 0.589. The van der Waals surface area contributed by atoms with Crippen molar-refractivity contribution in [2.24, 2.45) is 5.92 Å². The largest absolute Gasteiger partial charge is 0.329 e. The maximum atomic E-state index is 10.9. The standard InChI is InChI=1S/C9H17ClN2O/c1-11(2)6-8-4-3-5-12(7-8)9(10)13/h8H,3-7H2,1-2H3. The van der Waals surface area contributed by atoms with E-state index in [1.807, 2.05) is 0 Å². The Bertz CT molecular complexity index is 184. The second-order valence-electron chi connectivity index (χ2n) is 3.97. The molecule has 0 bridgehead atoms. The Hall–Kier alpha value is -0.280. The lowest BCUT2D eigenvalue weighted by Gasteiger charge is -2.32. The van der Waals surface area contributed by atoms with E-state index < -0.39 is 0 Å². The zero-order valence-electron chi connectivity index (χ0n) is 8.29. The van der Waals surface area contributed by atoms with Gasteiger partial charge in [0.05, 0.1) is 0 Å². The highest BCUT2D eigenvalue weighted by molar-refractivity contribution is 6.62. The summed E-state index contributed by atoms with van der Waals surface area (Å²) in [4.78, 5) is 14.8. The summed E-state index contributed by atoms with van der Waals surface area (Å²) in [6, 6.07) is 0. The third-order valence-corrected chi connectivity index (χ3v) is 2.63. The number of halogens is 1. The normalized spacial score (nSPS) is 23.7. The van der Waals surface area contributed by atoms with Crippen molar-refractivity contribution in [3.63, 3.8) is 0 Å². The predicted molar refractivity (Wildman–Crippen MR) is 54.1 cm³/mol. The lowest BCUT2D eigenvalue weighted by Crippen LogP contribution is -2.40. The van der Waals surface area contributed by atoms with E-state index in [4.69, 9.17) is 11.6 Å². The molecule has 1 fully saturated rings. The van der Waals surface area contributed by atoms with Gasteiger partial charge in [-0.25, -0.2) is 0 Å². The number of piperidine rings is 1. The van der Waals surface area contributed by atoms with Crippen LogP contribution in [-0.4, -0.2) is 48.9 Å². The molecule has 1 heterocycles. The Morgan fingerprint density at radius 2 is 2.31 bits per heavy atom.